The fourth-order valence-corrected chi connectivity index (χ4v) is 3.09. The molecule has 2 aromatic carbocycles. The Morgan fingerprint density at radius 1 is 0.852 bits per heavy atom. The van der Waals surface area contributed by atoms with Gasteiger partial charge in [-0.25, -0.2) is 0 Å². The van der Waals surface area contributed by atoms with Gasteiger partial charge in [-0.05, 0) is 49.4 Å². The minimum atomic E-state index is -0.0398. The Labute approximate surface area is 159 Å². The number of carbonyl (C=O) groups excluding carboxylic acids is 2. The van der Waals surface area contributed by atoms with E-state index in [0.717, 1.165) is 5.75 Å². The summed E-state index contributed by atoms with van der Waals surface area (Å²) in [6.07, 6.45) is 0. The molecule has 0 radical (unpaired) electrons. The van der Waals surface area contributed by atoms with E-state index < -0.39 is 0 Å². The van der Waals surface area contributed by atoms with Crippen LogP contribution in [0, 0.1) is 0 Å². The number of hydrogen-bond acceptors (Lipinski definition) is 4. The van der Waals surface area contributed by atoms with Gasteiger partial charge in [0.1, 0.15) is 11.5 Å². The quantitative estimate of drug-likeness (QED) is 0.814. The lowest BCUT2D eigenvalue weighted by molar-refractivity contribution is 0.0535. The van der Waals surface area contributed by atoms with Gasteiger partial charge in [-0.3, -0.25) is 9.59 Å². The van der Waals surface area contributed by atoms with Crippen molar-refractivity contribution in [2.45, 2.75) is 6.92 Å². The van der Waals surface area contributed by atoms with Crippen LogP contribution >= 0.6 is 0 Å². The minimum absolute atomic E-state index is 0.0217. The number of rotatable bonds is 5. The lowest BCUT2D eigenvalue weighted by Crippen LogP contribution is -2.50. The molecule has 27 heavy (non-hydrogen) atoms. The molecule has 0 aromatic heterocycles. The van der Waals surface area contributed by atoms with Crippen molar-refractivity contribution >= 4 is 11.8 Å². The predicted octanol–water partition coefficient (Wildman–Crippen LogP) is 2.69. The van der Waals surface area contributed by atoms with Crippen LogP contribution in [0.2, 0.25) is 0 Å². The molecule has 0 spiro atoms. The smallest absolute Gasteiger partial charge is 0.254 e. The van der Waals surface area contributed by atoms with Crippen molar-refractivity contribution in [1.29, 1.82) is 0 Å². The Kier molecular flexibility index (Phi) is 5.96. The van der Waals surface area contributed by atoms with E-state index >= 15 is 0 Å². The van der Waals surface area contributed by atoms with E-state index in [2.05, 4.69) is 0 Å². The van der Waals surface area contributed by atoms with Crippen LogP contribution in [-0.4, -0.2) is 61.5 Å². The Bertz CT molecular complexity index is 796. The molecular formula is C21H24N2O4. The summed E-state index contributed by atoms with van der Waals surface area (Å²) in [5.41, 5.74) is 1.23. The van der Waals surface area contributed by atoms with Crippen molar-refractivity contribution in [3.05, 3.63) is 59.7 Å². The summed E-state index contributed by atoms with van der Waals surface area (Å²) in [6.45, 7) is 4.57. The molecular weight excluding hydrogens is 344 g/mol. The number of carbonyl (C=O) groups is 2. The summed E-state index contributed by atoms with van der Waals surface area (Å²) in [4.78, 5) is 28.9. The third kappa shape index (κ3) is 4.39. The first-order chi connectivity index (χ1) is 13.1. The Morgan fingerprint density at radius 2 is 1.44 bits per heavy atom. The highest BCUT2D eigenvalue weighted by Gasteiger charge is 2.25. The molecule has 1 aliphatic heterocycles. The molecule has 1 heterocycles. The van der Waals surface area contributed by atoms with Gasteiger partial charge in [0.2, 0.25) is 0 Å². The van der Waals surface area contributed by atoms with E-state index in [0.29, 0.717) is 49.7 Å². The highest BCUT2D eigenvalue weighted by molar-refractivity contribution is 5.96. The van der Waals surface area contributed by atoms with Crippen LogP contribution in [0.4, 0.5) is 0 Å². The molecule has 6 nitrogen and oxygen atoms in total. The van der Waals surface area contributed by atoms with Gasteiger partial charge in [-0.1, -0.05) is 6.07 Å². The molecule has 1 fully saturated rings. The highest BCUT2D eigenvalue weighted by Crippen LogP contribution is 2.17. The van der Waals surface area contributed by atoms with Crippen LogP contribution in [0.25, 0.3) is 0 Å². The average Bonchev–Trinajstić information content (AvgIpc) is 2.73. The third-order valence-electron chi connectivity index (χ3n) is 4.58. The summed E-state index contributed by atoms with van der Waals surface area (Å²) < 4.78 is 10.6. The maximum absolute atomic E-state index is 12.7. The van der Waals surface area contributed by atoms with Crippen molar-refractivity contribution in [3.8, 4) is 11.5 Å². The molecule has 0 atom stereocenters. The number of benzene rings is 2. The van der Waals surface area contributed by atoms with Crippen molar-refractivity contribution in [3.63, 3.8) is 0 Å². The number of hydrogen-bond donors (Lipinski definition) is 0. The van der Waals surface area contributed by atoms with Crippen molar-refractivity contribution in [2.24, 2.45) is 0 Å². The third-order valence-corrected chi connectivity index (χ3v) is 4.58. The summed E-state index contributed by atoms with van der Waals surface area (Å²) >= 11 is 0. The molecule has 3 rings (SSSR count). The van der Waals surface area contributed by atoms with Crippen LogP contribution in [0.3, 0.4) is 0 Å². The number of piperazine rings is 1. The SMILES string of the molecule is CCOc1ccc(C(=O)N2CCN(C(=O)c3cccc(OC)c3)CC2)cc1. The van der Waals surface area contributed by atoms with Gasteiger partial charge in [0.15, 0.2) is 0 Å². The minimum Gasteiger partial charge on any atom is -0.497 e. The van der Waals surface area contributed by atoms with Gasteiger partial charge in [0, 0.05) is 37.3 Å². The molecule has 0 saturated carbocycles. The van der Waals surface area contributed by atoms with Crippen molar-refractivity contribution < 1.29 is 19.1 Å². The average molecular weight is 368 g/mol. The summed E-state index contributed by atoms with van der Waals surface area (Å²) in [5, 5.41) is 0. The second kappa shape index (κ2) is 8.58. The van der Waals surface area contributed by atoms with Crippen LogP contribution < -0.4 is 9.47 Å². The first kappa shape index (κ1) is 18.8. The normalized spacial score (nSPS) is 14.0. The summed E-state index contributed by atoms with van der Waals surface area (Å²) in [7, 11) is 1.58. The standard InChI is InChI=1S/C21H24N2O4/c1-3-27-18-9-7-16(8-10-18)20(24)22-11-13-23(14-12-22)21(25)17-5-4-6-19(15-17)26-2/h4-10,15H,3,11-14H2,1-2H3. The van der Waals surface area contributed by atoms with E-state index in [1.54, 1.807) is 59.4 Å². The van der Waals surface area contributed by atoms with E-state index in [1.807, 2.05) is 13.0 Å². The molecule has 0 bridgehead atoms. The monoisotopic (exact) mass is 368 g/mol. The number of methoxy groups -OCH3 is 1. The molecule has 6 heteroatoms. The first-order valence-electron chi connectivity index (χ1n) is 9.08. The number of nitrogens with zero attached hydrogens (tertiary/aromatic N) is 2. The van der Waals surface area contributed by atoms with Gasteiger partial charge in [0.05, 0.1) is 13.7 Å². The molecule has 1 aliphatic rings. The topological polar surface area (TPSA) is 59.1 Å². The van der Waals surface area contributed by atoms with Crippen molar-refractivity contribution in [2.75, 3.05) is 39.9 Å². The van der Waals surface area contributed by atoms with E-state index in [9.17, 15) is 9.59 Å². The molecule has 0 aliphatic carbocycles. The first-order valence-corrected chi connectivity index (χ1v) is 9.08. The largest absolute Gasteiger partial charge is 0.497 e. The molecule has 0 N–H and O–H groups in total. The predicted molar refractivity (Wildman–Crippen MR) is 102 cm³/mol. The lowest BCUT2D eigenvalue weighted by atomic mass is 10.1. The second-order valence-electron chi connectivity index (χ2n) is 6.27. The van der Waals surface area contributed by atoms with E-state index in [-0.39, 0.29) is 11.8 Å². The second-order valence-corrected chi connectivity index (χ2v) is 6.27. The van der Waals surface area contributed by atoms with E-state index in [1.165, 1.54) is 0 Å². The lowest BCUT2D eigenvalue weighted by Gasteiger charge is -2.35. The summed E-state index contributed by atoms with van der Waals surface area (Å²) in [5.74, 6) is 1.35. The maximum Gasteiger partial charge on any atom is 0.254 e. The van der Waals surface area contributed by atoms with Gasteiger partial charge in [-0.2, -0.15) is 0 Å². The van der Waals surface area contributed by atoms with Crippen LogP contribution in [0.1, 0.15) is 27.6 Å². The molecule has 142 valence electrons. The van der Waals surface area contributed by atoms with Gasteiger partial charge >= 0.3 is 0 Å². The zero-order valence-corrected chi connectivity index (χ0v) is 15.7. The Hall–Kier alpha value is -3.02. The van der Waals surface area contributed by atoms with Gasteiger partial charge in [0.25, 0.3) is 11.8 Å². The van der Waals surface area contributed by atoms with Gasteiger partial charge in [-0.15, -0.1) is 0 Å². The zero-order chi connectivity index (χ0) is 19.2. The highest BCUT2D eigenvalue weighted by atomic mass is 16.5. The van der Waals surface area contributed by atoms with Crippen LogP contribution in [0.15, 0.2) is 48.5 Å². The molecule has 2 aromatic rings. The van der Waals surface area contributed by atoms with Crippen molar-refractivity contribution in [1.82, 2.24) is 9.80 Å². The maximum atomic E-state index is 12.7. The molecule has 2 amide bonds. The number of amides is 2. The fraction of sp³-hybridized carbons (Fsp3) is 0.333. The van der Waals surface area contributed by atoms with Crippen LogP contribution in [0.5, 0.6) is 11.5 Å². The van der Waals surface area contributed by atoms with E-state index in [4.69, 9.17) is 9.47 Å². The Morgan fingerprint density at radius 3 is 2.00 bits per heavy atom. The summed E-state index contributed by atoms with van der Waals surface area (Å²) in [6, 6.07) is 14.3. The number of ether oxygens (including phenoxy) is 2. The zero-order valence-electron chi connectivity index (χ0n) is 15.7. The molecule has 0 unspecified atom stereocenters. The molecule has 1 saturated heterocycles. The van der Waals surface area contributed by atoms with Gasteiger partial charge < -0.3 is 19.3 Å². The Balaban J connectivity index is 1.59. The van der Waals surface area contributed by atoms with Crippen LogP contribution in [-0.2, 0) is 0 Å². The fourth-order valence-electron chi connectivity index (χ4n) is 3.09.